The molecule has 0 fully saturated rings. The minimum absolute atomic E-state index is 0.0449. The lowest BCUT2D eigenvalue weighted by molar-refractivity contribution is -0.144. The van der Waals surface area contributed by atoms with E-state index < -0.39 is 5.97 Å². The molecule has 0 spiro atoms. The van der Waals surface area contributed by atoms with Gasteiger partial charge >= 0.3 is 5.97 Å². The Morgan fingerprint density at radius 2 is 1.89 bits per heavy atom. The van der Waals surface area contributed by atoms with Gasteiger partial charge in [-0.1, -0.05) is 29.8 Å². The van der Waals surface area contributed by atoms with E-state index in [0.29, 0.717) is 5.75 Å². The highest BCUT2D eigenvalue weighted by Gasteiger charge is 2.10. The summed E-state index contributed by atoms with van der Waals surface area (Å²) in [4.78, 5) is 24.4. The fraction of sp³-hybridized carbons (Fsp3) is 0.200. The molecule has 144 valence electrons. The van der Waals surface area contributed by atoms with Crippen molar-refractivity contribution in [1.29, 1.82) is 0 Å². The number of methoxy groups -OCH3 is 1. The summed E-state index contributed by atoms with van der Waals surface area (Å²) in [6, 6.07) is 15.0. The van der Waals surface area contributed by atoms with Gasteiger partial charge in [0.15, 0.2) is 12.4 Å². The Kier molecular flexibility index (Phi) is 6.01. The lowest BCUT2D eigenvalue weighted by atomic mass is 10.1. The summed E-state index contributed by atoms with van der Waals surface area (Å²) in [5.74, 6) is 0.877. The van der Waals surface area contributed by atoms with Crippen molar-refractivity contribution in [1.82, 2.24) is 15.0 Å². The van der Waals surface area contributed by atoms with Gasteiger partial charge in [-0.05, 0) is 36.8 Å². The maximum Gasteiger partial charge on any atom is 0.310 e. The van der Waals surface area contributed by atoms with Gasteiger partial charge < -0.3 is 20.5 Å². The Morgan fingerprint density at radius 3 is 2.64 bits per heavy atom. The third-order valence-corrected chi connectivity index (χ3v) is 3.85. The van der Waals surface area contributed by atoms with Crippen molar-refractivity contribution in [3.05, 3.63) is 65.5 Å². The zero-order chi connectivity index (χ0) is 19.9. The number of aryl methyl sites for hydroxylation is 1. The van der Waals surface area contributed by atoms with E-state index >= 15 is 0 Å². The molecule has 0 aliphatic heterocycles. The zero-order valence-electron chi connectivity index (χ0n) is 15.7. The van der Waals surface area contributed by atoms with E-state index in [4.69, 9.17) is 15.2 Å². The number of esters is 1. The lowest BCUT2D eigenvalue weighted by Gasteiger charge is -2.09. The maximum absolute atomic E-state index is 12.1. The van der Waals surface area contributed by atoms with E-state index in [1.165, 1.54) is 0 Å². The van der Waals surface area contributed by atoms with Gasteiger partial charge in [-0.2, -0.15) is 15.0 Å². The molecule has 3 rings (SSSR count). The first-order valence-corrected chi connectivity index (χ1v) is 8.64. The largest absolute Gasteiger partial charge is 0.497 e. The molecular weight excluding hydrogens is 358 g/mol. The van der Waals surface area contributed by atoms with Crippen molar-refractivity contribution in [2.24, 2.45) is 0 Å². The molecule has 1 aromatic heterocycles. The summed E-state index contributed by atoms with van der Waals surface area (Å²) >= 11 is 0. The minimum Gasteiger partial charge on any atom is -0.497 e. The molecule has 0 aliphatic carbocycles. The summed E-state index contributed by atoms with van der Waals surface area (Å²) in [5, 5.41) is 3.06. The third-order valence-electron chi connectivity index (χ3n) is 3.85. The summed E-state index contributed by atoms with van der Waals surface area (Å²) in [5.41, 5.74) is 8.50. The first-order valence-electron chi connectivity index (χ1n) is 8.64. The third kappa shape index (κ3) is 5.41. The molecule has 8 heteroatoms. The lowest BCUT2D eigenvalue weighted by Crippen LogP contribution is -2.12. The molecule has 1 heterocycles. The maximum atomic E-state index is 12.1. The standard InChI is InChI=1S/C20H21N5O3/c1-13-6-8-15(9-7-13)22-20-24-17(23-19(21)25-20)12-28-18(26)11-14-4-3-5-16(10-14)27-2/h3-10H,11-12H2,1-2H3,(H3,21,22,23,24,25). The van der Waals surface area contributed by atoms with Crippen molar-refractivity contribution in [2.45, 2.75) is 20.0 Å². The van der Waals surface area contributed by atoms with Gasteiger partial charge in [0.05, 0.1) is 13.5 Å². The number of nitrogens with zero attached hydrogens (tertiary/aromatic N) is 3. The number of anilines is 3. The number of ether oxygens (including phenoxy) is 2. The van der Waals surface area contributed by atoms with E-state index in [0.717, 1.165) is 16.8 Å². The molecule has 0 aliphatic rings. The van der Waals surface area contributed by atoms with E-state index in [2.05, 4.69) is 20.3 Å². The zero-order valence-corrected chi connectivity index (χ0v) is 15.7. The van der Waals surface area contributed by atoms with Gasteiger partial charge in [0.1, 0.15) is 5.75 Å². The smallest absolute Gasteiger partial charge is 0.310 e. The van der Waals surface area contributed by atoms with Crippen molar-refractivity contribution in [2.75, 3.05) is 18.2 Å². The Bertz CT molecular complexity index is 960. The number of aromatic nitrogens is 3. The van der Waals surface area contributed by atoms with Gasteiger partial charge in [0, 0.05) is 5.69 Å². The van der Waals surface area contributed by atoms with E-state index in [1.54, 1.807) is 13.2 Å². The number of hydrogen-bond acceptors (Lipinski definition) is 8. The number of nitrogens with two attached hydrogens (primary N) is 1. The van der Waals surface area contributed by atoms with Crippen molar-refractivity contribution in [3.63, 3.8) is 0 Å². The summed E-state index contributed by atoms with van der Waals surface area (Å²) in [6.45, 7) is 1.90. The van der Waals surface area contributed by atoms with Gasteiger partial charge in [-0.3, -0.25) is 4.79 Å². The molecule has 0 saturated heterocycles. The van der Waals surface area contributed by atoms with Crippen LogP contribution < -0.4 is 15.8 Å². The molecule has 0 atom stereocenters. The van der Waals surface area contributed by atoms with Crippen LogP contribution in [0.25, 0.3) is 0 Å². The van der Waals surface area contributed by atoms with E-state index in [9.17, 15) is 4.79 Å². The van der Waals surface area contributed by atoms with Crippen LogP contribution in [0.4, 0.5) is 17.6 Å². The number of benzene rings is 2. The molecule has 0 radical (unpaired) electrons. The Morgan fingerprint density at radius 1 is 1.11 bits per heavy atom. The Hall–Kier alpha value is -3.68. The molecule has 28 heavy (non-hydrogen) atoms. The fourth-order valence-corrected chi connectivity index (χ4v) is 2.47. The predicted molar refractivity (Wildman–Crippen MR) is 105 cm³/mol. The van der Waals surface area contributed by atoms with Crippen molar-refractivity contribution >= 4 is 23.6 Å². The number of nitrogens with one attached hydrogen (secondary N) is 1. The van der Waals surface area contributed by atoms with Crippen LogP contribution >= 0.6 is 0 Å². The minimum atomic E-state index is -0.403. The van der Waals surface area contributed by atoms with Crippen LogP contribution in [-0.2, 0) is 22.6 Å². The van der Waals surface area contributed by atoms with Crippen LogP contribution in [0.3, 0.4) is 0 Å². The van der Waals surface area contributed by atoms with Crippen molar-refractivity contribution < 1.29 is 14.3 Å². The normalized spacial score (nSPS) is 10.4. The van der Waals surface area contributed by atoms with Crippen LogP contribution in [-0.4, -0.2) is 28.0 Å². The van der Waals surface area contributed by atoms with Crippen LogP contribution in [0.1, 0.15) is 17.0 Å². The van der Waals surface area contributed by atoms with E-state index in [-0.39, 0.29) is 30.7 Å². The van der Waals surface area contributed by atoms with Crippen LogP contribution in [0.5, 0.6) is 5.75 Å². The monoisotopic (exact) mass is 379 g/mol. The van der Waals surface area contributed by atoms with Crippen LogP contribution in [0.15, 0.2) is 48.5 Å². The van der Waals surface area contributed by atoms with Crippen molar-refractivity contribution in [3.8, 4) is 5.75 Å². The topological polar surface area (TPSA) is 112 Å². The van der Waals surface area contributed by atoms with Crippen LogP contribution in [0.2, 0.25) is 0 Å². The Labute approximate surface area is 162 Å². The predicted octanol–water partition coefficient (Wildman–Crippen LogP) is 2.80. The molecule has 2 aromatic carbocycles. The highest BCUT2D eigenvalue weighted by molar-refractivity contribution is 5.72. The molecule has 0 amide bonds. The SMILES string of the molecule is COc1cccc(CC(=O)OCc2nc(N)nc(Nc3ccc(C)cc3)n2)c1. The molecule has 0 saturated carbocycles. The quantitative estimate of drug-likeness (QED) is 0.603. The molecule has 0 unspecified atom stereocenters. The fourth-order valence-electron chi connectivity index (χ4n) is 2.47. The van der Waals surface area contributed by atoms with Crippen LogP contribution in [0, 0.1) is 6.92 Å². The molecule has 8 nitrogen and oxygen atoms in total. The second-order valence-electron chi connectivity index (χ2n) is 6.11. The molecule has 3 aromatic rings. The van der Waals surface area contributed by atoms with Gasteiger partial charge in [0.2, 0.25) is 11.9 Å². The number of carbonyl (C=O) groups is 1. The second-order valence-corrected chi connectivity index (χ2v) is 6.11. The highest BCUT2D eigenvalue weighted by atomic mass is 16.5. The number of hydrogen-bond donors (Lipinski definition) is 2. The number of carbonyl (C=O) groups excluding carboxylic acids is 1. The highest BCUT2D eigenvalue weighted by Crippen LogP contribution is 2.15. The number of nitrogen functional groups attached to an aromatic ring is 1. The average molecular weight is 379 g/mol. The Balaban J connectivity index is 1.61. The summed E-state index contributed by atoms with van der Waals surface area (Å²) in [6.07, 6.45) is 0.117. The number of rotatable bonds is 7. The average Bonchev–Trinajstić information content (AvgIpc) is 2.68. The summed E-state index contributed by atoms with van der Waals surface area (Å²) in [7, 11) is 1.57. The second kappa shape index (κ2) is 8.81. The first kappa shape index (κ1) is 19.1. The summed E-state index contributed by atoms with van der Waals surface area (Å²) < 4.78 is 10.4. The molecular formula is C20H21N5O3. The molecule has 3 N–H and O–H groups in total. The molecule has 0 bridgehead atoms. The van der Waals surface area contributed by atoms with E-state index in [1.807, 2.05) is 49.4 Å². The van der Waals surface area contributed by atoms with Gasteiger partial charge in [-0.15, -0.1) is 0 Å². The first-order chi connectivity index (χ1) is 13.5. The van der Waals surface area contributed by atoms with Gasteiger partial charge in [0.25, 0.3) is 0 Å². The van der Waals surface area contributed by atoms with Gasteiger partial charge in [-0.25, -0.2) is 0 Å².